The molecule has 0 bridgehead atoms. The van der Waals surface area contributed by atoms with Gasteiger partial charge in [-0.2, -0.15) is 0 Å². The molecule has 2 nitrogen and oxygen atoms in total. The molecular weight excluding hydrogens is 394 g/mol. The minimum Gasteiger partial charge on any atom is -0.314 e. The van der Waals surface area contributed by atoms with Crippen molar-refractivity contribution >= 4 is 52.3 Å². The van der Waals surface area contributed by atoms with E-state index in [1.165, 1.54) is 11.1 Å². The molecule has 0 amide bonds. The third-order valence-corrected chi connectivity index (χ3v) is 4.68. The molecule has 0 spiro atoms. The standard InChI is InChI=1S/C15H20BrClN2.2ClH/c1-11(2)9-15(19-7-5-18-6-8-19)12-3-4-14(17)13(16)10-12;;/h3-4,10,15,18H,1,5-9H2,2H3;2*1H/t15-;;/m1../s1. The summed E-state index contributed by atoms with van der Waals surface area (Å²) in [6.07, 6.45) is 0.994. The molecule has 6 heteroatoms. The first-order valence-corrected chi connectivity index (χ1v) is 7.79. The van der Waals surface area contributed by atoms with Gasteiger partial charge in [0.1, 0.15) is 0 Å². The van der Waals surface area contributed by atoms with Gasteiger partial charge in [-0.25, -0.2) is 0 Å². The molecular formula is C15H22BrCl3N2. The number of rotatable bonds is 4. The summed E-state index contributed by atoms with van der Waals surface area (Å²) in [5.41, 5.74) is 2.52. The molecule has 1 N–H and O–H groups in total. The topological polar surface area (TPSA) is 15.3 Å². The van der Waals surface area contributed by atoms with Crippen LogP contribution in [0, 0.1) is 0 Å². The molecule has 1 saturated heterocycles. The van der Waals surface area contributed by atoms with Gasteiger partial charge < -0.3 is 5.32 Å². The van der Waals surface area contributed by atoms with E-state index >= 15 is 0 Å². The fourth-order valence-corrected chi connectivity index (χ4v) is 3.02. The quantitative estimate of drug-likeness (QED) is 0.705. The lowest BCUT2D eigenvalue weighted by Crippen LogP contribution is -2.45. The molecule has 21 heavy (non-hydrogen) atoms. The summed E-state index contributed by atoms with van der Waals surface area (Å²) in [5, 5.41) is 4.16. The minimum atomic E-state index is 0. The maximum Gasteiger partial charge on any atom is 0.0548 e. The number of piperazine rings is 1. The monoisotopic (exact) mass is 414 g/mol. The SMILES string of the molecule is C=C(C)C[C@H](c1ccc(Cl)c(Br)c1)N1CCNCC1.Cl.Cl. The Morgan fingerprint density at radius 1 is 1.38 bits per heavy atom. The fraction of sp³-hybridized carbons (Fsp3) is 0.467. The highest BCUT2D eigenvalue weighted by atomic mass is 79.9. The zero-order valence-corrected chi connectivity index (χ0v) is 16.0. The zero-order chi connectivity index (χ0) is 13.8. The maximum absolute atomic E-state index is 6.09. The summed E-state index contributed by atoms with van der Waals surface area (Å²) in [5.74, 6) is 0. The second kappa shape index (κ2) is 10.1. The van der Waals surface area contributed by atoms with E-state index in [9.17, 15) is 0 Å². The van der Waals surface area contributed by atoms with E-state index in [0.717, 1.165) is 42.1 Å². The summed E-state index contributed by atoms with van der Waals surface area (Å²) in [4.78, 5) is 2.53. The van der Waals surface area contributed by atoms with Crippen LogP contribution >= 0.6 is 52.3 Å². The second-order valence-corrected chi connectivity index (χ2v) is 6.40. The Morgan fingerprint density at radius 2 is 2.00 bits per heavy atom. The van der Waals surface area contributed by atoms with E-state index in [1.807, 2.05) is 6.07 Å². The van der Waals surface area contributed by atoms with E-state index in [-0.39, 0.29) is 24.8 Å². The third-order valence-electron chi connectivity index (χ3n) is 3.46. The minimum absolute atomic E-state index is 0. The molecule has 1 heterocycles. The van der Waals surface area contributed by atoms with Crippen molar-refractivity contribution in [2.75, 3.05) is 26.2 Å². The van der Waals surface area contributed by atoms with Crippen LogP contribution in [0.25, 0.3) is 0 Å². The molecule has 0 aromatic heterocycles. The van der Waals surface area contributed by atoms with Gasteiger partial charge in [0.05, 0.1) is 5.02 Å². The average Bonchev–Trinajstić information content (AvgIpc) is 2.40. The van der Waals surface area contributed by atoms with Crippen LogP contribution in [0.5, 0.6) is 0 Å². The molecule has 0 aliphatic carbocycles. The number of hydrogen-bond acceptors (Lipinski definition) is 2. The fourth-order valence-electron chi connectivity index (χ4n) is 2.50. The van der Waals surface area contributed by atoms with Gasteiger partial charge in [-0.1, -0.05) is 23.2 Å². The maximum atomic E-state index is 6.09. The predicted molar refractivity (Wildman–Crippen MR) is 100 cm³/mol. The highest BCUT2D eigenvalue weighted by molar-refractivity contribution is 9.10. The summed E-state index contributed by atoms with van der Waals surface area (Å²) in [7, 11) is 0. The van der Waals surface area contributed by atoms with Crippen LogP contribution in [0.4, 0.5) is 0 Å². The Kier molecular flexibility index (Phi) is 10.2. The van der Waals surface area contributed by atoms with E-state index < -0.39 is 0 Å². The zero-order valence-electron chi connectivity index (χ0n) is 12.1. The first-order valence-electron chi connectivity index (χ1n) is 6.62. The molecule has 2 rings (SSSR count). The Hall–Kier alpha value is 0.230. The largest absolute Gasteiger partial charge is 0.314 e. The number of hydrogen-bond donors (Lipinski definition) is 1. The third kappa shape index (κ3) is 6.09. The van der Waals surface area contributed by atoms with Crippen molar-refractivity contribution < 1.29 is 0 Å². The average molecular weight is 417 g/mol. The van der Waals surface area contributed by atoms with Crippen LogP contribution in [0.15, 0.2) is 34.8 Å². The Morgan fingerprint density at radius 3 is 2.52 bits per heavy atom. The Bertz CT molecular complexity index is 462. The van der Waals surface area contributed by atoms with Crippen LogP contribution in [-0.4, -0.2) is 31.1 Å². The van der Waals surface area contributed by atoms with Crippen LogP contribution in [0.2, 0.25) is 5.02 Å². The number of halogens is 4. The first-order chi connectivity index (χ1) is 9.08. The van der Waals surface area contributed by atoms with Gasteiger partial charge >= 0.3 is 0 Å². The molecule has 1 fully saturated rings. The predicted octanol–water partition coefficient (Wildman–Crippen LogP) is 4.86. The van der Waals surface area contributed by atoms with Crippen molar-refractivity contribution in [1.29, 1.82) is 0 Å². The van der Waals surface area contributed by atoms with Crippen molar-refractivity contribution in [3.63, 3.8) is 0 Å². The second-order valence-electron chi connectivity index (χ2n) is 5.14. The Balaban J connectivity index is 0.00000200. The van der Waals surface area contributed by atoms with E-state index in [2.05, 4.69) is 51.8 Å². The lowest BCUT2D eigenvalue weighted by atomic mass is 9.98. The summed E-state index contributed by atoms with van der Waals surface area (Å²) >= 11 is 9.61. The molecule has 1 aliphatic rings. The van der Waals surface area contributed by atoms with Crippen molar-refractivity contribution in [2.45, 2.75) is 19.4 Å². The molecule has 1 aromatic rings. The van der Waals surface area contributed by atoms with Gasteiger partial charge in [-0.05, 0) is 47.0 Å². The smallest absolute Gasteiger partial charge is 0.0548 e. The molecule has 0 radical (unpaired) electrons. The van der Waals surface area contributed by atoms with Crippen molar-refractivity contribution in [1.82, 2.24) is 10.2 Å². The number of nitrogens with one attached hydrogen (secondary N) is 1. The molecule has 0 unspecified atom stereocenters. The van der Waals surface area contributed by atoms with Gasteiger partial charge in [-0.3, -0.25) is 4.90 Å². The van der Waals surface area contributed by atoms with Gasteiger partial charge in [0.2, 0.25) is 0 Å². The van der Waals surface area contributed by atoms with E-state index in [0.29, 0.717) is 6.04 Å². The number of benzene rings is 1. The Labute approximate surface area is 153 Å². The highest BCUT2D eigenvalue weighted by Gasteiger charge is 2.22. The van der Waals surface area contributed by atoms with Gasteiger partial charge in [0.15, 0.2) is 0 Å². The van der Waals surface area contributed by atoms with Crippen LogP contribution < -0.4 is 5.32 Å². The summed E-state index contributed by atoms with van der Waals surface area (Å²) in [6.45, 7) is 10.4. The lowest BCUT2D eigenvalue weighted by molar-refractivity contribution is 0.172. The van der Waals surface area contributed by atoms with E-state index in [1.54, 1.807) is 0 Å². The van der Waals surface area contributed by atoms with Gasteiger partial charge in [0.25, 0.3) is 0 Å². The molecule has 1 atom stereocenters. The van der Waals surface area contributed by atoms with Gasteiger partial charge in [-0.15, -0.1) is 31.4 Å². The molecule has 120 valence electrons. The van der Waals surface area contributed by atoms with Crippen molar-refractivity contribution in [3.8, 4) is 0 Å². The van der Waals surface area contributed by atoms with Crippen molar-refractivity contribution in [2.24, 2.45) is 0 Å². The molecule has 1 aliphatic heterocycles. The van der Waals surface area contributed by atoms with Gasteiger partial charge in [0, 0.05) is 36.7 Å². The first kappa shape index (κ1) is 21.2. The normalized spacial score (nSPS) is 16.5. The summed E-state index contributed by atoms with van der Waals surface area (Å²) in [6, 6.07) is 6.63. The molecule has 0 saturated carbocycles. The number of nitrogens with zero attached hydrogens (tertiary/aromatic N) is 1. The lowest BCUT2D eigenvalue weighted by Gasteiger charge is -2.35. The van der Waals surface area contributed by atoms with Crippen LogP contribution in [-0.2, 0) is 0 Å². The van der Waals surface area contributed by atoms with Crippen LogP contribution in [0.1, 0.15) is 24.9 Å². The van der Waals surface area contributed by atoms with Crippen LogP contribution in [0.3, 0.4) is 0 Å². The summed E-state index contributed by atoms with van der Waals surface area (Å²) < 4.78 is 0.966. The highest BCUT2D eigenvalue weighted by Crippen LogP contribution is 2.32. The molecule has 1 aromatic carbocycles. The van der Waals surface area contributed by atoms with E-state index in [4.69, 9.17) is 11.6 Å². The van der Waals surface area contributed by atoms with Crippen molar-refractivity contribution in [3.05, 3.63) is 45.4 Å².